The number of rotatable bonds is 8. The topological polar surface area (TPSA) is 100 Å². The molecule has 0 saturated heterocycles. The monoisotopic (exact) mass is 629 g/mol. The van der Waals surface area contributed by atoms with Crippen molar-refractivity contribution in [3.63, 3.8) is 0 Å². The van der Waals surface area contributed by atoms with Crippen molar-refractivity contribution in [2.75, 3.05) is 18.2 Å². The van der Waals surface area contributed by atoms with Crippen molar-refractivity contribution in [2.24, 2.45) is 4.99 Å². The van der Waals surface area contributed by atoms with Crippen molar-refractivity contribution in [3.05, 3.63) is 125 Å². The lowest BCUT2D eigenvalue weighted by atomic mass is 9.91. The highest BCUT2D eigenvalue weighted by molar-refractivity contribution is 6.20. The molecule has 11 heteroatoms. The minimum atomic E-state index is -1.46. The normalized spacial score (nSPS) is 16.4. The summed E-state index contributed by atoms with van der Waals surface area (Å²) in [6.45, 7) is 3.07. The van der Waals surface area contributed by atoms with Gasteiger partial charge in [0.15, 0.2) is 23.1 Å². The Morgan fingerprint density at radius 2 is 1.72 bits per heavy atom. The van der Waals surface area contributed by atoms with Gasteiger partial charge < -0.3 is 24.8 Å². The molecule has 0 bridgehead atoms. The van der Waals surface area contributed by atoms with Crippen LogP contribution in [0.15, 0.2) is 89.9 Å². The summed E-state index contributed by atoms with van der Waals surface area (Å²) in [4.78, 5) is 34.5. The Hall–Kier alpha value is -5.16. The lowest BCUT2D eigenvalue weighted by Gasteiger charge is -2.31. The van der Waals surface area contributed by atoms with Crippen LogP contribution in [0, 0.1) is 17.5 Å². The number of β-amino-alcohol motifs (C(OH)–C–C–N with tert-alkyl or cyclic N) is 1. The number of anilines is 1. The molecule has 8 nitrogen and oxygen atoms in total. The number of carbonyl (C=O) groups is 2. The molecular weight excluding hydrogens is 599 g/mol. The zero-order valence-electron chi connectivity index (χ0n) is 25.0. The minimum absolute atomic E-state index is 0.0567. The van der Waals surface area contributed by atoms with E-state index in [0.29, 0.717) is 45.2 Å². The van der Waals surface area contributed by atoms with E-state index in [1.54, 1.807) is 56.3 Å². The molecule has 2 aliphatic rings. The van der Waals surface area contributed by atoms with E-state index in [0.717, 1.165) is 12.1 Å². The van der Waals surface area contributed by atoms with Gasteiger partial charge in [-0.2, -0.15) is 0 Å². The standard InChI is InChI=1S/C35H30F3N3O5/c1-35(2,44)18-41-28-6-4-3-5-24(28)31(22-10-14-29-30(17-22)46-19-45-29)39-32(34(41)43)40-33(42)25(21-8-11-23(36)12-9-21)15-20-7-13-26(37)27(38)16-20/h3-14,16-17,25,32,44H,15,18-19H2,1-2H3,(H,40,42)/t25-,32?/m1/s1. The number of fused-ring (bicyclic) bond motifs is 2. The largest absolute Gasteiger partial charge is 0.454 e. The van der Waals surface area contributed by atoms with Gasteiger partial charge in [0.2, 0.25) is 18.9 Å². The zero-order valence-corrected chi connectivity index (χ0v) is 25.0. The number of halogens is 3. The van der Waals surface area contributed by atoms with Gasteiger partial charge in [0.05, 0.1) is 29.5 Å². The molecule has 0 aromatic heterocycles. The molecule has 0 saturated carbocycles. The van der Waals surface area contributed by atoms with E-state index < -0.39 is 47.0 Å². The summed E-state index contributed by atoms with van der Waals surface area (Å²) >= 11 is 0. The highest BCUT2D eigenvalue weighted by Crippen LogP contribution is 2.36. The van der Waals surface area contributed by atoms with E-state index in [1.807, 2.05) is 0 Å². The zero-order chi connectivity index (χ0) is 32.6. The molecule has 6 rings (SSSR count). The molecule has 4 aromatic rings. The number of hydrogen-bond donors (Lipinski definition) is 2. The van der Waals surface area contributed by atoms with Crippen LogP contribution in [-0.2, 0) is 16.0 Å². The van der Waals surface area contributed by atoms with Gasteiger partial charge in [-0.25, -0.2) is 18.2 Å². The maximum absolute atomic E-state index is 14.2. The van der Waals surface area contributed by atoms with Crippen LogP contribution in [0.2, 0.25) is 0 Å². The van der Waals surface area contributed by atoms with E-state index in [4.69, 9.17) is 14.5 Å². The molecule has 2 heterocycles. The average molecular weight is 630 g/mol. The van der Waals surface area contributed by atoms with E-state index >= 15 is 0 Å². The van der Waals surface area contributed by atoms with Gasteiger partial charge in [0.1, 0.15) is 5.82 Å². The Morgan fingerprint density at radius 3 is 2.46 bits per heavy atom. The van der Waals surface area contributed by atoms with E-state index in [2.05, 4.69) is 5.32 Å². The van der Waals surface area contributed by atoms with Crippen molar-refractivity contribution in [1.82, 2.24) is 5.32 Å². The van der Waals surface area contributed by atoms with Gasteiger partial charge in [0.25, 0.3) is 5.91 Å². The number of nitrogens with one attached hydrogen (secondary N) is 1. The maximum atomic E-state index is 14.2. The number of aliphatic hydroxyl groups is 1. The highest BCUT2D eigenvalue weighted by Gasteiger charge is 2.37. The van der Waals surface area contributed by atoms with E-state index in [-0.39, 0.29) is 19.8 Å². The van der Waals surface area contributed by atoms with Crippen molar-refractivity contribution in [1.29, 1.82) is 0 Å². The summed E-state index contributed by atoms with van der Waals surface area (Å²) in [5.41, 5.74) is 1.41. The Labute approximate surface area is 263 Å². The lowest BCUT2D eigenvalue weighted by Crippen LogP contribution is -2.52. The Kier molecular flexibility index (Phi) is 8.26. The molecule has 0 radical (unpaired) electrons. The minimum Gasteiger partial charge on any atom is -0.454 e. The summed E-state index contributed by atoms with van der Waals surface area (Å²) < 4.78 is 52.7. The lowest BCUT2D eigenvalue weighted by molar-refractivity contribution is -0.128. The summed E-state index contributed by atoms with van der Waals surface area (Å²) in [5, 5.41) is 13.5. The number of aliphatic imine (C=N–C) groups is 1. The first kappa shape index (κ1) is 30.8. The van der Waals surface area contributed by atoms with Gasteiger partial charge in [-0.05, 0) is 79.9 Å². The molecule has 2 amide bonds. The Balaban J connectivity index is 1.43. The molecular formula is C35H30F3N3O5. The van der Waals surface area contributed by atoms with Crippen molar-refractivity contribution >= 4 is 23.2 Å². The predicted molar refractivity (Wildman–Crippen MR) is 164 cm³/mol. The van der Waals surface area contributed by atoms with Crippen molar-refractivity contribution in [2.45, 2.75) is 38.0 Å². The van der Waals surface area contributed by atoms with E-state index in [9.17, 15) is 27.9 Å². The molecule has 2 aliphatic heterocycles. The fraction of sp³-hybridized carbons (Fsp3) is 0.229. The van der Waals surface area contributed by atoms with Gasteiger partial charge in [-0.1, -0.05) is 36.4 Å². The van der Waals surface area contributed by atoms with Crippen LogP contribution in [0.25, 0.3) is 0 Å². The quantitative estimate of drug-likeness (QED) is 0.277. The number of benzodiazepines with no additional fused rings is 1. The molecule has 236 valence electrons. The fourth-order valence-electron chi connectivity index (χ4n) is 5.54. The van der Waals surface area contributed by atoms with E-state index in [1.165, 1.54) is 35.2 Å². The molecule has 2 atom stereocenters. The summed E-state index contributed by atoms with van der Waals surface area (Å²) in [5.74, 6) is -3.88. The second kappa shape index (κ2) is 12.3. The van der Waals surface area contributed by atoms with Crippen molar-refractivity contribution in [3.8, 4) is 11.5 Å². The molecule has 46 heavy (non-hydrogen) atoms. The third-order valence-electron chi connectivity index (χ3n) is 7.69. The molecule has 0 fully saturated rings. The Bertz CT molecular complexity index is 1840. The summed E-state index contributed by atoms with van der Waals surface area (Å²) in [6.07, 6.45) is -1.54. The van der Waals surface area contributed by atoms with Crippen molar-refractivity contribution < 1.29 is 37.3 Å². The van der Waals surface area contributed by atoms with Crippen LogP contribution in [0.5, 0.6) is 11.5 Å². The van der Waals surface area contributed by atoms with Crippen LogP contribution in [-0.4, -0.2) is 47.7 Å². The number of amides is 2. The second-order valence-electron chi connectivity index (χ2n) is 11.8. The van der Waals surface area contributed by atoms with Gasteiger partial charge in [-0.3, -0.25) is 9.59 Å². The third-order valence-corrected chi connectivity index (χ3v) is 7.69. The van der Waals surface area contributed by atoms with Gasteiger partial charge in [-0.15, -0.1) is 0 Å². The number of benzene rings is 4. The maximum Gasteiger partial charge on any atom is 0.272 e. The predicted octanol–water partition coefficient (Wildman–Crippen LogP) is 5.26. The smallest absolute Gasteiger partial charge is 0.272 e. The first-order chi connectivity index (χ1) is 22.0. The number of carbonyl (C=O) groups excluding carboxylic acids is 2. The van der Waals surface area contributed by atoms with Crippen LogP contribution in [0.4, 0.5) is 18.9 Å². The van der Waals surface area contributed by atoms with Crippen LogP contribution >= 0.6 is 0 Å². The number of hydrogen-bond acceptors (Lipinski definition) is 6. The fourth-order valence-corrected chi connectivity index (χ4v) is 5.54. The van der Waals surface area contributed by atoms with Crippen LogP contribution < -0.4 is 19.7 Å². The Morgan fingerprint density at radius 1 is 0.978 bits per heavy atom. The van der Waals surface area contributed by atoms with Gasteiger partial charge >= 0.3 is 0 Å². The summed E-state index contributed by atoms with van der Waals surface area (Å²) in [7, 11) is 0. The molecule has 4 aromatic carbocycles. The molecule has 0 aliphatic carbocycles. The average Bonchev–Trinajstić information content (AvgIpc) is 3.46. The van der Waals surface area contributed by atoms with Gasteiger partial charge in [0, 0.05) is 11.1 Å². The third kappa shape index (κ3) is 6.45. The first-order valence-electron chi connectivity index (χ1n) is 14.6. The first-order valence-corrected chi connectivity index (χ1v) is 14.6. The number of para-hydroxylation sites is 1. The number of nitrogens with zero attached hydrogens (tertiary/aromatic N) is 2. The highest BCUT2D eigenvalue weighted by atomic mass is 19.2. The second-order valence-corrected chi connectivity index (χ2v) is 11.8. The summed E-state index contributed by atoms with van der Waals surface area (Å²) in [6, 6.07) is 20.8. The molecule has 1 unspecified atom stereocenters. The van der Waals surface area contributed by atoms with Crippen LogP contribution in [0.1, 0.15) is 42.0 Å². The van der Waals surface area contributed by atoms with Crippen LogP contribution in [0.3, 0.4) is 0 Å². The number of ether oxygens (including phenoxy) is 2. The molecule has 0 spiro atoms. The molecule has 2 N–H and O–H groups in total. The SMILES string of the molecule is CC(C)(O)CN1C(=O)C(NC(=O)[C@H](Cc2ccc(F)c(F)c2)c2ccc(F)cc2)N=C(c2ccc3c(c2)OCO3)c2ccccc21.